The first-order valence-electron chi connectivity index (χ1n) is 7.64. The van der Waals surface area contributed by atoms with E-state index in [0.29, 0.717) is 6.61 Å². The number of ether oxygens (including phenoxy) is 1. The van der Waals surface area contributed by atoms with Crippen molar-refractivity contribution in [2.45, 2.75) is 26.0 Å². The first-order valence-corrected chi connectivity index (χ1v) is 7.64. The van der Waals surface area contributed by atoms with E-state index in [9.17, 15) is 0 Å². The Balaban J connectivity index is 1.94. The number of benzene rings is 2. The van der Waals surface area contributed by atoms with Crippen molar-refractivity contribution in [3.05, 3.63) is 65.9 Å². The van der Waals surface area contributed by atoms with E-state index in [1.807, 2.05) is 37.3 Å². The minimum Gasteiger partial charge on any atom is -0.488 e. The van der Waals surface area contributed by atoms with Gasteiger partial charge < -0.3 is 15.0 Å². The van der Waals surface area contributed by atoms with Crippen molar-refractivity contribution in [3.8, 4) is 5.75 Å². The Hall–Kier alpha value is -2.26. The van der Waals surface area contributed by atoms with E-state index >= 15 is 0 Å². The first-order chi connectivity index (χ1) is 10.6. The van der Waals surface area contributed by atoms with Gasteiger partial charge in [0.25, 0.3) is 0 Å². The lowest BCUT2D eigenvalue weighted by atomic mass is 10.1. The number of nitrogens with zero attached hydrogens (tertiary/aromatic N) is 1. The molecule has 3 heteroatoms. The molecule has 0 aliphatic heterocycles. The van der Waals surface area contributed by atoms with Crippen LogP contribution in [0.15, 0.2) is 54.7 Å². The van der Waals surface area contributed by atoms with Crippen LogP contribution in [0.25, 0.3) is 10.9 Å². The lowest BCUT2D eigenvalue weighted by Gasteiger charge is -2.10. The van der Waals surface area contributed by atoms with Crippen LogP contribution < -0.4 is 10.5 Å². The smallest absolute Gasteiger partial charge is 0.129 e. The van der Waals surface area contributed by atoms with Crippen LogP contribution in [0.3, 0.4) is 0 Å². The van der Waals surface area contributed by atoms with E-state index in [4.69, 9.17) is 10.5 Å². The second-order valence-corrected chi connectivity index (χ2v) is 5.87. The van der Waals surface area contributed by atoms with Crippen molar-refractivity contribution >= 4 is 10.9 Å². The van der Waals surface area contributed by atoms with Gasteiger partial charge in [-0.2, -0.15) is 0 Å². The summed E-state index contributed by atoms with van der Waals surface area (Å²) in [6.45, 7) is 2.61. The lowest BCUT2D eigenvalue weighted by molar-refractivity contribution is 0.310. The molecule has 1 aromatic heterocycles. The van der Waals surface area contributed by atoms with Crippen LogP contribution in [0.2, 0.25) is 0 Å². The van der Waals surface area contributed by atoms with E-state index < -0.39 is 0 Å². The predicted molar refractivity (Wildman–Crippen MR) is 91.0 cm³/mol. The summed E-state index contributed by atoms with van der Waals surface area (Å²) in [5, 5.41) is 1.18. The maximum absolute atomic E-state index is 6.09. The first kappa shape index (κ1) is 14.7. The van der Waals surface area contributed by atoms with Crippen LogP contribution in [0.1, 0.15) is 18.1 Å². The molecule has 0 bridgehead atoms. The molecule has 3 rings (SSSR count). The van der Waals surface area contributed by atoms with Gasteiger partial charge in [-0.1, -0.05) is 36.4 Å². The highest BCUT2D eigenvalue weighted by Crippen LogP contribution is 2.31. The summed E-state index contributed by atoms with van der Waals surface area (Å²) in [4.78, 5) is 0. The Morgan fingerprint density at radius 3 is 2.59 bits per heavy atom. The summed E-state index contributed by atoms with van der Waals surface area (Å²) in [5.41, 5.74) is 9.59. The zero-order chi connectivity index (χ0) is 15.5. The molecule has 2 aromatic carbocycles. The van der Waals surface area contributed by atoms with Gasteiger partial charge in [-0.25, -0.2) is 0 Å². The zero-order valence-corrected chi connectivity index (χ0v) is 13.1. The quantitative estimate of drug-likeness (QED) is 0.780. The summed E-state index contributed by atoms with van der Waals surface area (Å²) in [6.07, 6.45) is 3.01. The number of nitrogens with two attached hydrogens (primary N) is 1. The summed E-state index contributed by atoms with van der Waals surface area (Å²) < 4.78 is 8.23. The van der Waals surface area contributed by atoms with Gasteiger partial charge in [0.05, 0.1) is 5.52 Å². The van der Waals surface area contributed by atoms with Crippen molar-refractivity contribution in [2.75, 3.05) is 0 Å². The molecule has 3 nitrogen and oxygen atoms in total. The second-order valence-electron chi connectivity index (χ2n) is 5.87. The fourth-order valence-corrected chi connectivity index (χ4v) is 2.86. The Labute approximate surface area is 131 Å². The normalized spacial score (nSPS) is 12.5. The molecule has 0 amide bonds. The van der Waals surface area contributed by atoms with Crippen molar-refractivity contribution in [2.24, 2.45) is 12.8 Å². The number of hydrogen-bond donors (Lipinski definition) is 1. The van der Waals surface area contributed by atoms with Crippen molar-refractivity contribution in [1.29, 1.82) is 0 Å². The van der Waals surface area contributed by atoms with Crippen molar-refractivity contribution in [1.82, 2.24) is 4.57 Å². The minimum absolute atomic E-state index is 0.132. The van der Waals surface area contributed by atoms with Gasteiger partial charge in [-0.05, 0) is 36.6 Å². The average molecular weight is 294 g/mol. The number of aryl methyl sites for hydroxylation is 1. The van der Waals surface area contributed by atoms with Crippen molar-refractivity contribution < 1.29 is 4.74 Å². The van der Waals surface area contributed by atoms with E-state index in [-0.39, 0.29) is 6.04 Å². The molecular weight excluding hydrogens is 272 g/mol. The lowest BCUT2D eigenvalue weighted by Crippen LogP contribution is -2.17. The monoisotopic (exact) mass is 294 g/mol. The van der Waals surface area contributed by atoms with Crippen LogP contribution in [0.5, 0.6) is 5.75 Å². The highest BCUT2D eigenvalue weighted by molar-refractivity contribution is 5.90. The third-order valence-electron chi connectivity index (χ3n) is 3.83. The molecule has 0 aliphatic rings. The fourth-order valence-electron chi connectivity index (χ4n) is 2.86. The molecule has 0 aliphatic carbocycles. The third-order valence-corrected chi connectivity index (χ3v) is 3.83. The second kappa shape index (κ2) is 6.24. The largest absolute Gasteiger partial charge is 0.488 e. The SMILES string of the molecule is CC(N)Cc1cn(C)c2cccc(OCc3ccccc3)c12. The zero-order valence-electron chi connectivity index (χ0n) is 13.1. The number of rotatable bonds is 5. The number of hydrogen-bond acceptors (Lipinski definition) is 2. The summed E-state index contributed by atoms with van der Waals surface area (Å²) in [7, 11) is 2.06. The van der Waals surface area contributed by atoms with E-state index in [0.717, 1.165) is 12.2 Å². The van der Waals surface area contributed by atoms with Crippen LogP contribution in [-0.4, -0.2) is 10.6 Å². The maximum atomic E-state index is 6.09. The third kappa shape index (κ3) is 3.00. The van der Waals surface area contributed by atoms with E-state index in [1.54, 1.807) is 0 Å². The minimum atomic E-state index is 0.132. The molecule has 1 unspecified atom stereocenters. The maximum Gasteiger partial charge on any atom is 0.129 e. The summed E-state index contributed by atoms with van der Waals surface area (Å²) in [5.74, 6) is 0.928. The van der Waals surface area contributed by atoms with Gasteiger partial charge in [-0.3, -0.25) is 0 Å². The van der Waals surface area contributed by atoms with Crippen molar-refractivity contribution in [3.63, 3.8) is 0 Å². The Kier molecular flexibility index (Phi) is 4.16. The number of fused-ring (bicyclic) bond motifs is 1. The Morgan fingerprint density at radius 2 is 1.86 bits per heavy atom. The highest BCUT2D eigenvalue weighted by Gasteiger charge is 2.13. The molecule has 22 heavy (non-hydrogen) atoms. The van der Waals surface area contributed by atoms with Gasteiger partial charge in [-0.15, -0.1) is 0 Å². The predicted octanol–water partition coefficient (Wildman–Crippen LogP) is 3.65. The van der Waals surface area contributed by atoms with E-state index in [2.05, 4.69) is 36.0 Å². The molecule has 0 radical (unpaired) electrons. The van der Waals surface area contributed by atoms with Gasteiger partial charge in [0.1, 0.15) is 12.4 Å². The molecule has 0 saturated heterocycles. The topological polar surface area (TPSA) is 40.2 Å². The number of aromatic nitrogens is 1. The molecule has 0 saturated carbocycles. The Morgan fingerprint density at radius 1 is 1.09 bits per heavy atom. The molecule has 1 atom stereocenters. The molecule has 0 fully saturated rings. The summed E-state index contributed by atoms with van der Waals surface area (Å²) >= 11 is 0. The molecule has 114 valence electrons. The van der Waals surface area contributed by atoms with Crippen LogP contribution in [-0.2, 0) is 20.1 Å². The average Bonchev–Trinajstić information content (AvgIpc) is 2.82. The van der Waals surface area contributed by atoms with Crippen LogP contribution >= 0.6 is 0 Å². The van der Waals surface area contributed by atoms with Gasteiger partial charge in [0.15, 0.2) is 0 Å². The van der Waals surface area contributed by atoms with Gasteiger partial charge in [0, 0.05) is 24.7 Å². The Bertz CT molecular complexity index is 760. The molecule has 2 N–H and O–H groups in total. The van der Waals surface area contributed by atoms with Crippen LogP contribution in [0, 0.1) is 0 Å². The molecule has 1 heterocycles. The molecular formula is C19H22N2O. The van der Waals surface area contributed by atoms with Gasteiger partial charge in [0.2, 0.25) is 0 Å². The van der Waals surface area contributed by atoms with E-state index in [1.165, 1.54) is 22.0 Å². The molecule has 0 spiro atoms. The summed E-state index contributed by atoms with van der Waals surface area (Å²) in [6, 6.07) is 16.6. The standard InChI is InChI=1S/C19H22N2O/c1-14(20)11-16-12-21(2)17-9-6-10-18(19(16)17)22-13-15-7-4-3-5-8-15/h3-10,12,14H,11,13,20H2,1-2H3. The van der Waals surface area contributed by atoms with Crippen LogP contribution in [0.4, 0.5) is 0 Å². The van der Waals surface area contributed by atoms with Gasteiger partial charge >= 0.3 is 0 Å². The fraction of sp³-hybridized carbons (Fsp3) is 0.263. The highest BCUT2D eigenvalue weighted by atomic mass is 16.5. The molecule has 3 aromatic rings.